The molecule has 18 nitrogen and oxygen atoms in total. The van der Waals surface area contributed by atoms with E-state index < -0.39 is 123 Å². The number of nitrogens with two attached hydrogens (primary N) is 4. The molecular weight excluding hydrogens is 564 g/mol. The van der Waals surface area contributed by atoms with Crippen molar-refractivity contribution in [3.63, 3.8) is 0 Å². The smallest absolute Gasteiger partial charge is 0.239 e. The van der Waals surface area contributed by atoms with Crippen molar-refractivity contribution in [3.05, 3.63) is 0 Å². The molecule has 4 aliphatic rings. The van der Waals surface area contributed by atoms with Crippen molar-refractivity contribution in [1.29, 1.82) is 0 Å². The van der Waals surface area contributed by atoms with Crippen molar-refractivity contribution in [3.8, 4) is 0 Å². The van der Waals surface area contributed by atoms with E-state index in [1.807, 2.05) is 0 Å². The number of carbonyl (C=O) groups is 1. The maximum Gasteiger partial charge on any atom is 0.239 e. The summed E-state index contributed by atoms with van der Waals surface area (Å²) in [5.74, 6) is -0.674. The Kier molecular flexibility index (Phi) is 11.5. The zero-order valence-electron chi connectivity index (χ0n) is 23.3. The highest BCUT2D eigenvalue weighted by atomic mass is 16.8. The van der Waals surface area contributed by atoms with Crippen LogP contribution in [0, 0.1) is 0 Å². The summed E-state index contributed by atoms with van der Waals surface area (Å²) in [6.07, 6.45) is -12.0. The van der Waals surface area contributed by atoms with Gasteiger partial charge in [0.1, 0.15) is 42.7 Å². The van der Waals surface area contributed by atoms with Crippen LogP contribution in [0.5, 0.6) is 0 Å². The molecule has 0 spiro atoms. The standard InChI is InChI=1S/C24H46N6O12/c1-29-15-17(35)20-13(3-9(27)22(41-20)40-19-8(26)2-7(25)16(34)18(19)36)38-24(15)42-23-12(33)4-11(14(6-32)39-23)30-21(37)10(28)5-31/h7-20,22-24,29,31-36H,2-6,25-28H2,1H3,(H,30,37)/t7-,8?,9?,10+,11+,12?,13+,14?,15?,16?,17?,18-,19-,20?,22+,23-,24?/m1/s1. The molecule has 17 atom stereocenters. The van der Waals surface area contributed by atoms with E-state index in [4.69, 9.17) is 51.7 Å². The SMILES string of the molecule is CNC1C(O[C@H]2OC(CO)[C@@H](NC(=O)[C@@H](N)CO)CC2O)O[C@H]2CC(N)[C@@H](O[C@@H]3C(N)C[C@@H](N)C(O)[C@H]3O)OC2C1O. The van der Waals surface area contributed by atoms with Gasteiger partial charge in [0.05, 0.1) is 43.5 Å². The lowest BCUT2D eigenvalue weighted by atomic mass is 9.84. The van der Waals surface area contributed by atoms with Gasteiger partial charge in [-0.25, -0.2) is 0 Å². The number of rotatable bonds is 9. The van der Waals surface area contributed by atoms with Crippen molar-refractivity contribution < 1.29 is 59.1 Å². The summed E-state index contributed by atoms with van der Waals surface area (Å²) in [5.41, 5.74) is 23.8. The highest BCUT2D eigenvalue weighted by Crippen LogP contribution is 2.35. The van der Waals surface area contributed by atoms with Gasteiger partial charge in [0.25, 0.3) is 0 Å². The summed E-state index contributed by atoms with van der Waals surface area (Å²) in [5, 5.41) is 67.1. The number of amides is 1. The van der Waals surface area contributed by atoms with Gasteiger partial charge in [0.2, 0.25) is 5.91 Å². The van der Waals surface area contributed by atoms with Gasteiger partial charge >= 0.3 is 0 Å². The van der Waals surface area contributed by atoms with E-state index in [1.165, 1.54) is 0 Å². The molecule has 0 aromatic rings. The van der Waals surface area contributed by atoms with Gasteiger partial charge in [-0.05, 0) is 19.9 Å². The summed E-state index contributed by atoms with van der Waals surface area (Å²) >= 11 is 0. The lowest BCUT2D eigenvalue weighted by Gasteiger charge is -2.51. The van der Waals surface area contributed by atoms with Gasteiger partial charge < -0.3 is 87.9 Å². The van der Waals surface area contributed by atoms with Gasteiger partial charge in [0.15, 0.2) is 18.9 Å². The lowest BCUT2D eigenvalue weighted by Crippen LogP contribution is -2.69. The van der Waals surface area contributed by atoms with Crippen molar-refractivity contribution in [2.24, 2.45) is 22.9 Å². The number of fused-ring (bicyclic) bond motifs is 1. The maximum atomic E-state index is 12.1. The maximum absolute atomic E-state index is 12.1. The zero-order valence-corrected chi connectivity index (χ0v) is 23.3. The number of aliphatic hydroxyl groups is 6. The molecule has 4 rings (SSSR count). The Balaban J connectivity index is 1.39. The van der Waals surface area contributed by atoms with Crippen LogP contribution >= 0.6 is 0 Å². The third-order valence-corrected chi connectivity index (χ3v) is 8.41. The number of nitrogens with one attached hydrogen (secondary N) is 2. The second kappa shape index (κ2) is 14.3. The van der Waals surface area contributed by atoms with Crippen molar-refractivity contribution >= 4 is 5.91 Å². The first-order chi connectivity index (χ1) is 19.9. The van der Waals surface area contributed by atoms with E-state index in [0.29, 0.717) is 0 Å². The molecule has 3 saturated heterocycles. The lowest BCUT2D eigenvalue weighted by molar-refractivity contribution is -0.367. The Morgan fingerprint density at radius 1 is 0.881 bits per heavy atom. The first-order valence-corrected chi connectivity index (χ1v) is 14.1. The van der Waals surface area contributed by atoms with E-state index >= 15 is 0 Å². The van der Waals surface area contributed by atoms with Gasteiger partial charge in [-0.2, -0.15) is 0 Å². The Morgan fingerprint density at radius 3 is 2.24 bits per heavy atom. The quantitative estimate of drug-likeness (QED) is 0.115. The number of hydrogen-bond donors (Lipinski definition) is 12. The molecule has 244 valence electrons. The monoisotopic (exact) mass is 610 g/mol. The summed E-state index contributed by atoms with van der Waals surface area (Å²) in [7, 11) is 1.56. The molecule has 18 heteroatoms. The third kappa shape index (κ3) is 7.04. The zero-order chi connectivity index (χ0) is 30.9. The van der Waals surface area contributed by atoms with E-state index in [9.17, 15) is 30.3 Å². The van der Waals surface area contributed by atoms with Crippen LogP contribution < -0.4 is 33.6 Å². The molecule has 3 heterocycles. The molecule has 0 bridgehead atoms. The molecule has 42 heavy (non-hydrogen) atoms. The van der Waals surface area contributed by atoms with Crippen molar-refractivity contribution in [2.45, 2.75) is 123 Å². The van der Waals surface area contributed by atoms with Crippen LogP contribution in [0.3, 0.4) is 0 Å². The van der Waals surface area contributed by atoms with Crippen LogP contribution in [0.1, 0.15) is 19.3 Å². The van der Waals surface area contributed by atoms with Crippen LogP contribution in [-0.2, 0) is 28.5 Å². The van der Waals surface area contributed by atoms with Gasteiger partial charge in [-0.1, -0.05) is 0 Å². The van der Waals surface area contributed by atoms with Crippen LogP contribution in [0.2, 0.25) is 0 Å². The molecule has 16 N–H and O–H groups in total. The molecular formula is C24H46N6O12. The first-order valence-electron chi connectivity index (χ1n) is 14.1. The van der Waals surface area contributed by atoms with E-state index in [-0.39, 0.29) is 19.3 Å². The number of carbonyl (C=O) groups excluding carboxylic acids is 1. The largest absolute Gasteiger partial charge is 0.394 e. The third-order valence-electron chi connectivity index (χ3n) is 8.41. The Morgan fingerprint density at radius 2 is 1.60 bits per heavy atom. The van der Waals surface area contributed by atoms with Crippen LogP contribution in [0.15, 0.2) is 0 Å². The minimum atomic E-state index is -1.36. The Labute approximate surface area is 242 Å². The molecule has 0 radical (unpaired) electrons. The van der Waals surface area contributed by atoms with Crippen LogP contribution in [-0.4, -0.2) is 161 Å². The van der Waals surface area contributed by atoms with E-state index in [0.717, 1.165) is 0 Å². The Hall–Kier alpha value is -1.17. The summed E-state index contributed by atoms with van der Waals surface area (Å²) in [6, 6.07) is -5.05. The molecule has 1 amide bonds. The average molecular weight is 611 g/mol. The minimum absolute atomic E-state index is 0.0624. The van der Waals surface area contributed by atoms with Gasteiger partial charge in [-0.15, -0.1) is 0 Å². The summed E-state index contributed by atoms with van der Waals surface area (Å²) in [4.78, 5) is 12.1. The summed E-state index contributed by atoms with van der Waals surface area (Å²) in [6.45, 7) is -1.10. The normalized spacial score (nSPS) is 48.7. The molecule has 1 saturated carbocycles. The number of hydrogen-bond acceptors (Lipinski definition) is 17. The average Bonchev–Trinajstić information content (AvgIpc) is 2.95. The van der Waals surface area contributed by atoms with E-state index in [1.54, 1.807) is 7.05 Å². The van der Waals surface area contributed by atoms with Gasteiger partial charge in [0, 0.05) is 18.5 Å². The fourth-order valence-corrected chi connectivity index (χ4v) is 5.92. The highest BCUT2D eigenvalue weighted by molar-refractivity contribution is 5.81. The minimum Gasteiger partial charge on any atom is -0.394 e. The van der Waals surface area contributed by atoms with Crippen LogP contribution in [0.25, 0.3) is 0 Å². The van der Waals surface area contributed by atoms with Crippen molar-refractivity contribution in [2.75, 3.05) is 20.3 Å². The molecule has 0 aromatic carbocycles. The topological polar surface area (TPSA) is 313 Å². The number of aliphatic hydroxyl groups excluding tert-OH is 6. The first kappa shape index (κ1) is 33.7. The highest BCUT2D eigenvalue weighted by Gasteiger charge is 2.53. The Bertz CT molecular complexity index is 895. The molecule has 3 aliphatic heterocycles. The number of likely N-dealkylation sites (N-methyl/N-ethyl adjacent to an activating group) is 1. The second-order valence-corrected chi connectivity index (χ2v) is 11.4. The second-order valence-electron chi connectivity index (χ2n) is 11.4. The predicted molar refractivity (Wildman–Crippen MR) is 141 cm³/mol. The van der Waals surface area contributed by atoms with Crippen LogP contribution in [0.4, 0.5) is 0 Å². The fourth-order valence-electron chi connectivity index (χ4n) is 5.92. The predicted octanol–water partition coefficient (Wildman–Crippen LogP) is -7.44. The fraction of sp³-hybridized carbons (Fsp3) is 0.958. The molecule has 0 aromatic heterocycles. The molecule has 9 unspecified atom stereocenters. The van der Waals surface area contributed by atoms with Gasteiger partial charge in [-0.3, -0.25) is 4.79 Å². The number of ether oxygens (including phenoxy) is 5. The molecule has 4 fully saturated rings. The summed E-state index contributed by atoms with van der Waals surface area (Å²) < 4.78 is 29.7. The molecule has 1 aliphatic carbocycles. The van der Waals surface area contributed by atoms with Crippen molar-refractivity contribution in [1.82, 2.24) is 10.6 Å². The van der Waals surface area contributed by atoms with E-state index in [2.05, 4.69) is 10.6 Å².